The standard InChI is InChI=1S/C22H32ClFN2O4/c1-19(2,3)16-21(7,20(4,5)6)26(18(29)30)11-10-22(16,17(27)28)12-13-8-9-14(24)15(23)25-13/h8-9,16H,10-12H2,1-7H3,(H,27,28)(H,29,30)/t16?,21-,22-/m1/s1. The van der Waals surface area contributed by atoms with E-state index in [2.05, 4.69) is 4.98 Å². The molecule has 0 saturated carbocycles. The molecule has 0 aromatic carbocycles. The summed E-state index contributed by atoms with van der Waals surface area (Å²) in [5.74, 6) is -2.24. The first kappa shape index (κ1) is 24.4. The van der Waals surface area contributed by atoms with Crippen LogP contribution in [0.5, 0.6) is 0 Å². The molecule has 3 atom stereocenters. The third-order valence-corrected chi connectivity index (χ3v) is 7.12. The number of nitrogens with zero attached hydrogens (tertiary/aromatic N) is 2. The van der Waals surface area contributed by atoms with E-state index in [0.29, 0.717) is 5.69 Å². The van der Waals surface area contributed by atoms with Crippen LogP contribution in [0.1, 0.15) is 60.6 Å². The van der Waals surface area contributed by atoms with Gasteiger partial charge in [0.2, 0.25) is 0 Å². The SMILES string of the molecule is CC(C)(C)C1[C@@](Cc2ccc(F)c(Cl)n2)(C(=O)O)CCN(C(=O)O)[C@@]1(C)C(C)(C)C. The van der Waals surface area contributed by atoms with Gasteiger partial charge in [-0.3, -0.25) is 4.79 Å². The minimum atomic E-state index is -1.31. The highest BCUT2D eigenvalue weighted by atomic mass is 35.5. The Morgan fingerprint density at radius 1 is 1.23 bits per heavy atom. The molecule has 1 aliphatic heterocycles. The first-order chi connectivity index (χ1) is 13.5. The van der Waals surface area contributed by atoms with Crippen molar-refractivity contribution in [3.8, 4) is 0 Å². The number of rotatable bonds is 3. The fourth-order valence-corrected chi connectivity index (χ4v) is 5.73. The summed E-state index contributed by atoms with van der Waals surface area (Å²) in [5.41, 5.74) is -3.03. The summed E-state index contributed by atoms with van der Waals surface area (Å²) in [6.07, 6.45) is -0.911. The summed E-state index contributed by atoms with van der Waals surface area (Å²) < 4.78 is 13.6. The normalized spacial score (nSPS) is 27.8. The topological polar surface area (TPSA) is 90.7 Å². The molecule has 1 unspecified atom stereocenters. The molecule has 1 aromatic heterocycles. The molecule has 1 saturated heterocycles. The van der Waals surface area contributed by atoms with E-state index >= 15 is 0 Å². The lowest BCUT2D eigenvalue weighted by atomic mass is 9.47. The van der Waals surface area contributed by atoms with Gasteiger partial charge >= 0.3 is 12.1 Å². The van der Waals surface area contributed by atoms with Gasteiger partial charge in [0.25, 0.3) is 0 Å². The Labute approximate surface area is 182 Å². The van der Waals surface area contributed by atoms with E-state index in [9.17, 15) is 24.2 Å². The molecule has 1 aromatic rings. The van der Waals surface area contributed by atoms with Crippen LogP contribution in [0.25, 0.3) is 0 Å². The van der Waals surface area contributed by atoms with Crippen LogP contribution in [0.4, 0.5) is 9.18 Å². The number of pyridine rings is 1. The molecule has 168 valence electrons. The predicted molar refractivity (Wildman–Crippen MR) is 113 cm³/mol. The molecular formula is C22H32ClFN2O4. The molecule has 0 radical (unpaired) electrons. The molecule has 0 bridgehead atoms. The Balaban J connectivity index is 2.79. The summed E-state index contributed by atoms with van der Waals surface area (Å²) >= 11 is 5.86. The number of piperidine rings is 1. The highest BCUT2D eigenvalue weighted by Gasteiger charge is 2.66. The number of halogens is 2. The third kappa shape index (κ3) is 3.88. The van der Waals surface area contributed by atoms with Crippen molar-refractivity contribution in [2.75, 3.05) is 6.54 Å². The number of hydrogen-bond donors (Lipinski definition) is 2. The molecule has 2 heterocycles. The van der Waals surface area contributed by atoms with E-state index in [1.807, 2.05) is 48.5 Å². The third-order valence-electron chi connectivity index (χ3n) is 6.86. The smallest absolute Gasteiger partial charge is 0.407 e. The number of aromatic nitrogens is 1. The van der Waals surface area contributed by atoms with Crippen molar-refractivity contribution in [3.05, 3.63) is 28.8 Å². The molecule has 2 N–H and O–H groups in total. The van der Waals surface area contributed by atoms with Gasteiger partial charge in [0.1, 0.15) is 0 Å². The largest absolute Gasteiger partial charge is 0.481 e. The van der Waals surface area contributed by atoms with Gasteiger partial charge in [-0.25, -0.2) is 14.2 Å². The van der Waals surface area contributed by atoms with Crippen LogP contribution in [-0.4, -0.2) is 44.2 Å². The first-order valence-corrected chi connectivity index (χ1v) is 10.4. The van der Waals surface area contributed by atoms with Gasteiger partial charge in [-0.1, -0.05) is 53.1 Å². The van der Waals surface area contributed by atoms with Crippen molar-refractivity contribution < 1.29 is 24.2 Å². The highest BCUT2D eigenvalue weighted by molar-refractivity contribution is 6.29. The molecule has 30 heavy (non-hydrogen) atoms. The van der Waals surface area contributed by atoms with Crippen LogP contribution in [0.15, 0.2) is 12.1 Å². The zero-order chi connectivity index (χ0) is 23.3. The Morgan fingerprint density at radius 3 is 2.20 bits per heavy atom. The molecule has 1 fully saturated rings. The highest BCUT2D eigenvalue weighted by Crippen LogP contribution is 2.60. The maximum atomic E-state index is 13.6. The van der Waals surface area contributed by atoms with E-state index in [1.54, 1.807) is 0 Å². The van der Waals surface area contributed by atoms with Crippen molar-refractivity contribution >= 4 is 23.7 Å². The van der Waals surface area contributed by atoms with Crippen LogP contribution in [-0.2, 0) is 11.2 Å². The number of carbonyl (C=O) groups is 2. The van der Waals surface area contributed by atoms with Gasteiger partial charge in [-0.2, -0.15) is 0 Å². The van der Waals surface area contributed by atoms with Crippen molar-refractivity contribution in [2.24, 2.45) is 22.2 Å². The lowest BCUT2D eigenvalue weighted by molar-refractivity contribution is -0.188. The van der Waals surface area contributed by atoms with Crippen LogP contribution < -0.4 is 0 Å². The molecule has 2 rings (SSSR count). The monoisotopic (exact) mass is 442 g/mol. The van der Waals surface area contributed by atoms with Crippen LogP contribution >= 0.6 is 11.6 Å². The quantitative estimate of drug-likeness (QED) is 0.616. The summed E-state index contributed by atoms with van der Waals surface area (Å²) in [7, 11) is 0. The molecular weight excluding hydrogens is 411 g/mol. The van der Waals surface area contributed by atoms with Crippen molar-refractivity contribution in [3.63, 3.8) is 0 Å². The number of amides is 1. The van der Waals surface area contributed by atoms with Gasteiger partial charge in [0.05, 0.1) is 11.0 Å². The average Bonchev–Trinajstić information content (AvgIpc) is 2.55. The summed E-state index contributed by atoms with van der Waals surface area (Å²) in [6, 6.07) is 2.63. The van der Waals surface area contributed by atoms with Crippen LogP contribution in [0, 0.1) is 28.0 Å². The predicted octanol–water partition coefficient (Wildman–Crippen LogP) is 5.34. The van der Waals surface area contributed by atoms with Gasteiger partial charge in [0, 0.05) is 24.6 Å². The van der Waals surface area contributed by atoms with Gasteiger partial charge < -0.3 is 15.1 Å². The van der Waals surface area contributed by atoms with Crippen molar-refractivity contribution in [1.82, 2.24) is 9.88 Å². The average molecular weight is 443 g/mol. The molecule has 8 heteroatoms. The second-order valence-corrected chi connectivity index (χ2v) is 11.0. The molecule has 1 amide bonds. The summed E-state index contributed by atoms with van der Waals surface area (Å²) in [5, 5.41) is 20.2. The fourth-order valence-electron chi connectivity index (χ4n) is 5.56. The van der Waals surface area contributed by atoms with E-state index in [1.165, 1.54) is 17.0 Å². The number of hydrogen-bond acceptors (Lipinski definition) is 3. The molecule has 0 spiro atoms. The van der Waals surface area contributed by atoms with E-state index < -0.39 is 45.6 Å². The Kier molecular flexibility index (Phi) is 6.23. The maximum Gasteiger partial charge on any atom is 0.407 e. The Morgan fingerprint density at radius 2 is 1.80 bits per heavy atom. The first-order valence-electron chi connectivity index (χ1n) is 10.0. The molecule has 6 nitrogen and oxygen atoms in total. The van der Waals surface area contributed by atoms with E-state index in [-0.39, 0.29) is 24.5 Å². The maximum absolute atomic E-state index is 13.6. The molecule has 0 aliphatic carbocycles. The van der Waals surface area contributed by atoms with Crippen molar-refractivity contribution in [2.45, 2.75) is 66.8 Å². The molecule has 1 aliphatic rings. The lowest BCUT2D eigenvalue weighted by Gasteiger charge is -2.64. The van der Waals surface area contributed by atoms with E-state index in [4.69, 9.17) is 11.6 Å². The van der Waals surface area contributed by atoms with Gasteiger partial charge in [0.15, 0.2) is 11.0 Å². The Bertz CT molecular complexity index is 849. The van der Waals surface area contributed by atoms with Crippen LogP contribution in [0.3, 0.4) is 0 Å². The van der Waals surface area contributed by atoms with Crippen molar-refractivity contribution in [1.29, 1.82) is 0 Å². The number of carboxylic acid groups (broad SMARTS) is 2. The second kappa shape index (κ2) is 7.66. The summed E-state index contributed by atoms with van der Waals surface area (Å²) in [6.45, 7) is 13.6. The lowest BCUT2D eigenvalue weighted by Crippen LogP contribution is -2.72. The number of carboxylic acids is 1. The fraction of sp³-hybridized carbons (Fsp3) is 0.682. The summed E-state index contributed by atoms with van der Waals surface area (Å²) in [4.78, 5) is 30.6. The second-order valence-electron chi connectivity index (χ2n) is 10.6. The van der Waals surface area contributed by atoms with E-state index in [0.717, 1.165) is 0 Å². The number of likely N-dealkylation sites (tertiary alicyclic amines) is 1. The Hall–Kier alpha value is -1.89. The van der Waals surface area contributed by atoms with Gasteiger partial charge in [-0.15, -0.1) is 0 Å². The minimum absolute atomic E-state index is 0.0311. The van der Waals surface area contributed by atoms with Gasteiger partial charge in [-0.05, 0) is 36.3 Å². The van der Waals surface area contributed by atoms with Crippen LogP contribution in [0.2, 0.25) is 5.15 Å². The zero-order valence-electron chi connectivity index (χ0n) is 18.7. The minimum Gasteiger partial charge on any atom is -0.481 e. The zero-order valence-corrected chi connectivity index (χ0v) is 19.5. The number of aliphatic carboxylic acids is 1.